The number of phenols is 1. The maximum absolute atomic E-state index is 13.2. The third-order valence-electron chi connectivity index (χ3n) is 2.68. The molecule has 2 N–H and O–H groups in total. The van der Waals surface area contributed by atoms with Crippen LogP contribution in [0.3, 0.4) is 0 Å². The topological polar surface area (TPSA) is 32.3 Å². The first-order valence-electron chi connectivity index (χ1n) is 5.64. The summed E-state index contributed by atoms with van der Waals surface area (Å²) in [7, 11) is 0. The summed E-state index contributed by atoms with van der Waals surface area (Å²) in [5.41, 5.74) is 2.09. The van der Waals surface area contributed by atoms with Crippen LogP contribution in [0, 0.1) is 18.6 Å². The molecule has 0 aliphatic heterocycles. The summed E-state index contributed by atoms with van der Waals surface area (Å²) < 4.78 is 26.3. The molecule has 2 nitrogen and oxygen atoms in total. The van der Waals surface area contributed by atoms with Crippen molar-refractivity contribution in [2.75, 3.05) is 5.32 Å². The Labute approximate surface area is 114 Å². The van der Waals surface area contributed by atoms with Gasteiger partial charge in [-0.1, -0.05) is 17.7 Å². The molecular weight excluding hydrogens is 272 g/mol. The first-order valence-corrected chi connectivity index (χ1v) is 6.02. The molecular formula is C14H12ClF2NO. The molecule has 2 rings (SSSR count). The zero-order valence-electron chi connectivity index (χ0n) is 10.2. The average Bonchev–Trinajstić information content (AvgIpc) is 2.37. The molecule has 0 heterocycles. The van der Waals surface area contributed by atoms with E-state index in [1.807, 2.05) is 19.1 Å². The molecule has 2 aromatic rings. The van der Waals surface area contributed by atoms with Gasteiger partial charge in [0, 0.05) is 6.54 Å². The van der Waals surface area contributed by atoms with Crippen LogP contribution in [0.4, 0.5) is 14.5 Å². The van der Waals surface area contributed by atoms with Gasteiger partial charge in [-0.05, 0) is 42.3 Å². The standard InChI is InChI=1S/C14H12ClF2NO/c1-8-2-3-10(15)13(4-8)18-7-9-5-11(16)14(19)12(17)6-9/h2-6,18-19H,7H2,1H3. The smallest absolute Gasteiger partial charge is 0.187 e. The molecule has 0 atom stereocenters. The monoisotopic (exact) mass is 283 g/mol. The van der Waals surface area contributed by atoms with Gasteiger partial charge in [-0.25, -0.2) is 8.78 Å². The molecule has 0 unspecified atom stereocenters. The molecule has 5 heteroatoms. The van der Waals surface area contributed by atoms with Crippen LogP contribution in [0.2, 0.25) is 5.02 Å². The van der Waals surface area contributed by atoms with E-state index in [0.717, 1.165) is 17.7 Å². The lowest BCUT2D eigenvalue weighted by atomic mass is 10.2. The molecule has 0 aliphatic rings. The normalized spacial score (nSPS) is 10.5. The van der Waals surface area contributed by atoms with E-state index in [1.165, 1.54) is 0 Å². The number of anilines is 1. The molecule has 0 aliphatic carbocycles. The van der Waals surface area contributed by atoms with Gasteiger partial charge in [-0.3, -0.25) is 0 Å². The Hall–Kier alpha value is -1.81. The van der Waals surface area contributed by atoms with Gasteiger partial charge in [0.2, 0.25) is 0 Å². The largest absolute Gasteiger partial charge is 0.503 e. The summed E-state index contributed by atoms with van der Waals surface area (Å²) in [5.74, 6) is -2.92. The minimum Gasteiger partial charge on any atom is -0.503 e. The molecule has 0 fully saturated rings. The summed E-state index contributed by atoms with van der Waals surface area (Å²) in [5, 5.41) is 12.5. The first kappa shape index (κ1) is 13.6. The lowest BCUT2D eigenvalue weighted by molar-refractivity contribution is 0.395. The molecule has 0 saturated heterocycles. The fraction of sp³-hybridized carbons (Fsp3) is 0.143. The van der Waals surface area contributed by atoms with Crippen molar-refractivity contribution in [3.63, 3.8) is 0 Å². The second-order valence-electron chi connectivity index (χ2n) is 4.24. The molecule has 0 amide bonds. The molecule has 100 valence electrons. The summed E-state index contributed by atoms with van der Waals surface area (Å²) in [4.78, 5) is 0. The highest BCUT2D eigenvalue weighted by atomic mass is 35.5. The van der Waals surface area contributed by atoms with Gasteiger partial charge in [0.05, 0.1) is 10.7 Å². The molecule has 0 aromatic heterocycles. The fourth-order valence-electron chi connectivity index (χ4n) is 1.69. The lowest BCUT2D eigenvalue weighted by Gasteiger charge is -2.10. The quantitative estimate of drug-likeness (QED) is 0.883. The predicted molar refractivity (Wildman–Crippen MR) is 71.5 cm³/mol. The summed E-state index contributed by atoms with van der Waals surface area (Å²) >= 11 is 6.00. The van der Waals surface area contributed by atoms with E-state index in [-0.39, 0.29) is 6.54 Å². The van der Waals surface area contributed by atoms with E-state index in [4.69, 9.17) is 16.7 Å². The maximum atomic E-state index is 13.2. The minimum atomic E-state index is -0.980. The highest BCUT2D eigenvalue weighted by Gasteiger charge is 2.09. The average molecular weight is 284 g/mol. The van der Waals surface area contributed by atoms with Crippen LogP contribution in [-0.2, 0) is 6.54 Å². The number of aryl methyl sites for hydroxylation is 1. The van der Waals surface area contributed by atoms with E-state index in [9.17, 15) is 8.78 Å². The van der Waals surface area contributed by atoms with Crippen LogP contribution >= 0.6 is 11.6 Å². The van der Waals surface area contributed by atoms with E-state index < -0.39 is 17.4 Å². The Bertz CT molecular complexity index is 593. The molecule has 19 heavy (non-hydrogen) atoms. The Morgan fingerprint density at radius 2 is 1.79 bits per heavy atom. The molecule has 0 saturated carbocycles. The van der Waals surface area contributed by atoms with Crippen molar-refractivity contribution in [2.24, 2.45) is 0 Å². The lowest BCUT2D eigenvalue weighted by Crippen LogP contribution is -2.01. The number of hydrogen-bond acceptors (Lipinski definition) is 2. The third kappa shape index (κ3) is 3.15. The SMILES string of the molecule is Cc1ccc(Cl)c(NCc2cc(F)c(O)c(F)c2)c1. The van der Waals surface area contributed by atoms with Crippen molar-refractivity contribution in [1.29, 1.82) is 0 Å². The van der Waals surface area contributed by atoms with Crippen molar-refractivity contribution in [1.82, 2.24) is 0 Å². The second kappa shape index (κ2) is 5.45. The highest BCUT2D eigenvalue weighted by Crippen LogP contribution is 2.25. The van der Waals surface area contributed by atoms with Crippen LogP contribution in [0.5, 0.6) is 5.75 Å². The van der Waals surface area contributed by atoms with E-state index >= 15 is 0 Å². The van der Waals surface area contributed by atoms with Crippen LogP contribution in [0.15, 0.2) is 30.3 Å². The van der Waals surface area contributed by atoms with Gasteiger partial charge >= 0.3 is 0 Å². The number of nitrogens with one attached hydrogen (secondary N) is 1. The fourth-order valence-corrected chi connectivity index (χ4v) is 1.88. The van der Waals surface area contributed by atoms with Crippen LogP contribution in [-0.4, -0.2) is 5.11 Å². The van der Waals surface area contributed by atoms with Crippen molar-refractivity contribution >= 4 is 17.3 Å². The van der Waals surface area contributed by atoms with Crippen molar-refractivity contribution in [3.8, 4) is 5.75 Å². The zero-order chi connectivity index (χ0) is 14.0. The van der Waals surface area contributed by atoms with Gasteiger partial charge in [0.1, 0.15) is 0 Å². The number of benzene rings is 2. The van der Waals surface area contributed by atoms with Crippen LogP contribution in [0.1, 0.15) is 11.1 Å². The van der Waals surface area contributed by atoms with Crippen LogP contribution < -0.4 is 5.32 Å². The minimum absolute atomic E-state index is 0.206. The summed E-state index contributed by atoms with van der Waals surface area (Å²) in [6.07, 6.45) is 0. The molecule has 0 radical (unpaired) electrons. The Kier molecular flexibility index (Phi) is 3.90. The Morgan fingerprint density at radius 3 is 2.42 bits per heavy atom. The van der Waals surface area contributed by atoms with Crippen molar-refractivity contribution < 1.29 is 13.9 Å². The number of hydrogen-bond donors (Lipinski definition) is 2. The number of phenolic OH excluding ortho intramolecular Hbond substituents is 1. The van der Waals surface area contributed by atoms with Crippen molar-refractivity contribution in [3.05, 3.63) is 58.1 Å². The first-order chi connectivity index (χ1) is 8.97. The highest BCUT2D eigenvalue weighted by molar-refractivity contribution is 6.33. The number of rotatable bonds is 3. The second-order valence-corrected chi connectivity index (χ2v) is 4.65. The summed E-state index contributed by atoms with van der Waals surface area (Å²) in [6.45, 7) is 2.12. The summed E-state index contributed by atoms with van der Waals surface area (Å²) in [6, 6.07) is 7.62. The van der Waals surface area contributed by atoms with E-state index in [0.29, 0.717) is 16.3 Å². The van der Waals surface area contributed by atoms with Gasteiger partial charge in [-0.15, -0.1) is 0 Å². The van der Waals surface area contributed by atoms with Crippen LogP contribution in [0.25, 0.3) is 0 Å². The molecule has 0 spiro atoms. The molecule has 2 aromatic carbocycles. The predicted octanol–water partition coefficient (Wildman–Crippen LogP) is 4.24. The maximum Gasteiger partial charge on any atom is 0.187 e. The number of aromatic hydroxyl groups is 1. The Morgan fingerprint density at radius 1 is 1.16 bits per heavy atom. The van der Waals surface area contributed by atoms with Crippen molar-refractivity contribution in [2.45, 2.75) is 13.5 Å². The number of halogens is 3. The third-order valence-corrected chi connectivity index (χ3v) is 3.01. The zero-order valence-corrected chi connectivity index (χ0v) is 10.9. The van der Waals surface area contributed by atoms with Gasteiger partial charge in [0.25, 0.3) is 0 Å². The molecule has 0 bridgehead atoms. The van der Waals surface area contributed by atoms with E-state index in [2.05, 4.69) is 5.32 Å². The van der Waals surface area contributed by atoms with Gasteiger partial charge < -0.3 is 10.4 Å². The Balaban J connectivity index is 2.17. The van der Waals surface area contributed by atoms with Gasteiger partial charge in [-0.2, -0.15) is 0 Å². The van der Waals surface area contributed by atoms with E-state index in [1.54, 1.807) is 6.07 Å². The van der Waals surface area contributed by atoms with Gasteiger partial charge in [0.15, 0.2) is 17.4 Å².